The van der Waals surface area contributed by atoms with Crippen LogP contribution in [0.25, 0.3) is 0 Å². The van der Waals surface area contributed by atoms with Gasteiger partial charge in [-0.15, -0.1) is 0 Å². The van der Waals surface area contributed by atoms with Gasteiger partial charge in [0.05, 0.1) is 0 Å². The third kappa shape index (κ3) is 1.82. The maximum absolute atomic E-state index is 13.3. The number of hydrogen-bond acceptors (Lipinski definition) is 2. The second-order valence-corrected chi connectivity index (χ2v) is 5.22. The highest BCUT2D eigenvalue weighted by molar-refractivity contribution is 5.39. The average Bonchev–Trinajstić information content (AvgIpc) is 2.75. The van der Waals surface area contributed by atoms with Gasteiger partial charge in [-0.25, -0.2) is 4.39 Å². The second kappa shape index (κ2) is 3.98. The third-order valence-electron chi connectivity index (χ3n) is 4.12. The Morgan fingerprint density at radius 1 is 1.35 bits per heavy atom. The van der Waals surface area contributed by atoms with Crippen molar-refractivity contribution < 1.29 is 9.13 Å². The molecule has 0 aromatic heterocycles. The van der Waals surface area contributed by atoms with E-state index < -0.39 is 0 Å². The number of rotatable bonds is 1. The van der Waals surface area contributed by atoms with Crippen LogP contribution in [0.4, 0.5) is 4.39 Å². The van der Waals surface area contributed by atoms with E-state index in [2.05, 4.69) is 5.32 Å². The Morgan fingerprint density at radius 2 is 2.12 bits per heavy atom. The molecule has 1 aliphatic carbocycles. The summed E-state index contributed by atoms with van der Waals surface area (Å²) in [5.74, 6) is 0.520. The standard InChI is InChI=1S/C14H18FNO/c1-16-12-9-14(6-2-3-7-14)17-13-8-10(15)4-5-11(12)13/h4-5,8,12,16H,2-3,6-7,9H2,1H3. The Hall–Kier alpha value is -1.09. The Labute approximate surface area is 101 Å². The van der Waals surface area contributed by atoms with E-state index in [0.29, 0.717) is 0 Å². The molecule has 2 nitrogen and oxygen atoms in total. The fourth-order valence-corrected chi connectivity index (χ4v) is 3.22. The summed E-state index contributed by atoms with van der Waals surface area (Å²) >= 11 is 0. The van der Waals surface area contributed by atoms with Crippen molar-refractivity contribution >= 4 is 0 Å². The summed E-state index contributed by atoms with van der Waals surface area (Å²) in [5, 5.41) is 3.33. The molecule has 1 aromatic rings. The van der Waals surface area contributed by atoms with E-state index in [9.17, 15) is 4.39 Å². The fourth-order valence-electron chi connectivity index (χ4n) is 3.22. The van der Waals surface area contributed by atoms with Gasteiger partial charge in [-0.05, 0) is 38.8 Å². The average molecular weight is 235 g/mol. The topological polar surface area (TPSA) is 21.3 Å². The first-order valence-electron chi connectivity index (χ1n) is 6.38. The number of halogens is 1. The predicted octanol–water partition coefficient (Wildman–Crippen LogP) is 3.18. The van der Waals surface area contributed by atoms with Gasteiger partial charge in [0.2, 0.25) is 0 Å². The lowest BCUT2D eigenvalue weighted by atomic mass is 9.86. The molecule has 3 rings (SSSR count). The minimum atomic E-state index is -0.214. The maximum atomic E-state index is 13.3. The highest BCUT2D eigenvalue weighted by atomic mass is 19.1. The number of hydrogen-bond donors (Lipinski definition) is 1. The summed E-state index contributed by atoms with van der Waals surface area (Å²) in [7, 11) is 1.96. The number of nitrogens with one attached hydrogen (secondary N) is 1. The van der Waals surface area contributed by atoms with Gasteiger partial charge >= 0.3 is 0 Å². The molecular weight excluding hydrogens is 217 g/mol. The van der Waals surface area contributed by atoms with Crippen LogP contribution in [0.5, 0.6) is 5.75 Å². The highest BCUT2D eigenvalue weighted by Crippen LogP contribution is 2.47. The molecule has 1 heterocycles. The lowest BCUT2D eigenvalue weighted by molar-refractivity contribution is 0.0376. The number of benzene rings is 1. The first-order chi connectivity index (χ1) is 8.22. The summed E-state index contributed by atoms with van der Waals surface area (Å²) < 4.78 is 19.4. The van der Waals surface area contributed by atoms with Gasteiger partial charge < -0.3 is 10.1 Å². The molecule has 92 valence electrons. The van der Waals surface area contributed by atoms with E-state index in [0.717, 1.165) is 30.6 Å². The van der Waals surface area contributed by atoms with Crippen molar-refractivity contribution in [1.82, 2.24) is 5.32 Å². The molecule has 1 N–H and O–H groups in total. The smallest absolute Gasteiger partial charge is 0.127 e. The monoisotopic (exact) mass is 235 g/mol. The minimum absolute atomic E-state index is 0.0472. The van der Waals surface area contributed by atoms with Gasteiger partial charge in [-0.1, -0.05) is 6.07 Å². The molecule has 1 atom stereocenters. The van der Waals surface area contributed by atoms with Crippen LogP contribution in [-0.2, 0) is 0 Å². The molecule has 1 aromatic carbocycles. The van der Waals surface area contributed by atoms with Gasteiger partial charge in [-0.3, -0.25) is 0 Å². The van der Waals surface area contributed by atoms with Crippen LogP contribution in [0.3, 0.4) is 0 Å². The minimum Gasteiger partial charge on any atom is -0.487 e. The maximum Gasteiger partial charge on any atom is 0.127 e. The van der Waals surface area contributed by atoms with Crippen LogP contribution in [-0.4, -0.2) is 12.6 Å². The Morgan fingerprint density at radius 3 is 2.82 bits per heavy atom. The quantitative estimate of drug-likeness (QED) is 0.807. The molecular formula is C14H18FNO. The van der Waals surface area contributed by atoms with Crippen molar-refractivity contribution in [3.8, 4) is 5.75 Å². The van der Waals surface area contributed by atoms with E-state index in [-0.39, 0.29) is 17.5 Å². The highest BCUT2D eigenvalue weighted by Gasteiger charge is 2.42. The van der Waals surface area contributed by atoms with Crippen molar-refractivity contribution in [2.24, 2.45) is 0 Å². The normalized spacial score (nSPS) is 25.6. The molecule has 17 heavy (non-hydrogen) atoms. The Kier molecular flexibility index (Phi) is 2.58. The molecule has 0 saturated heterocycles. The first kappa shape index (κ1) is 11.0. The zero-order valence-corrected chi connectivity index (χ0v) is 10.1. The van der Waals surface area contributed by atoms with Crippen LogP contribution < -0.4 is 10.1 Å². The number of fused-ring (bicyclic) bond motifs is 1. The van der Waals surface area contributed by atoms with Crippen molar-refractivity contribution in [3.05, 3.63) is 29.6 Å². The molecule has 1 saturated carbocycles. The summed E-state index contributed by atoms with van der Waals surface area (Å²) in [6.07, 6.45) is 5.65. The van der Waals surface area contributed by atoms with Crippen LogP contribution >= 0.6 is 0 Å². The predicted molar refractivity (Wildman–Crippen MR) is 64.6 cm³/mol. The lowest BCUT2D eigenvalue weighted by Crippen LogP contribution is -2.41. The molecule has 0 amide bonds. The fraction of sp³-hybridized carbons (Fsp3) is 0.571. The van der Waals surface area contributed by atoms with E-state index in [1.165, 1.54) is 25.0 Å². The van der Waals surface area contributed by atoms with E-state index in [1.54, 1.807) is 0 Å². The molecule has 1 aliphatic heterocycles. The first-order valence-corrected chi connectivity index (χ1v) is 6.38. The molecule has 0 radical (unpaired) electrons. The van der Waals surface area contributed by atoms with Crippen molar-refractivity contribution in [3.63, 3.8) is 0 Å². The summed E-state index contributed by atoms with van der Waals surface area (Å²) in [6.45, 7) is 0. The van der Waals surface area contributed by atoms with Gasteiger partial charge in [-0.2, -0.15) is 0 Å². The Bertz CT molecular complexity index is 426. The molecule has 1 spiro atoms. The summed E-state index contributed by atoms with van der Waals surface area (Å²) in [5.41, 5.74) is 1.04. The summed E-state index contributed by atoms with van der Waals surface area (Å²) in [4.78, 5) is 0. The van der Waals surface area contributed by atoms with Gasteiger partial charge in [0.25, 0.3) is 0 Å². The zero-order valence-electron chi connectivity index (χ0n) is 10.1. The van der Waals surface area contributed by atoms with E-state index in [1.807, 2.05) is 13.1 Å². The molecule has 0 bridgehead atoms. The molecule has 1 fully saturated rings. The molecule has 3 heteroatoms. The van der Waals surface area contributed by atoms with Gasteiger partial charge in [0.1, 0.15) is 17.2 Å². The van der Waals surface area contributed by atoms with E-state index in [4.69, 9.17) is 4.74 Å². The zero-order chi connectivity index (χ0) is 11.9. The molecule has 2 aliphatic rings. The summed E-state index contributed by atoms with van der Waals surface area (Å²) in [6, 6.07) is 5.17. The van der Waals surface area contributed by atoms with Crippen LogP contribution in [0.1, 0.15) is 43.7 Å². The van der Waals surface area contributed by atoms with Crippen LogP contribution in [0.15, 0.2) is 18.2 Å². The largest absolute Gasteiger partial charge is 0.487 e. The van der Waals surface area contributed by atoms with Crippen molar-refractivity contribution in [1.29, 1.82) is 0 Å². The van der Waals surface area contributed by atoms with Gasteiger partial charge in [0, 0.05) is 24.1 Å². The van der Waals surface area contributed by atoms with E-state index >= 15 is 0 Å². The van der Waals surface area contributed by atoms with Crippen molar-refractivity contribution in [2.75, 3.05) is 7.05 Å². The molecule has 1 unspecified atom stereocenters. The number of ether oxygens (including phenoxy) is 1. The van der Waals surface area contributed by atoms with Crippen LogP contribution in [0, 0.1) is 5.82 Å². The lowest BCUT2D eigenvalue weighted by Gasteiger charge is -2.40. The third-order valence-corrected chi connectivity index (χ3v) is 4.12. The second-order valence-electron chi connectivity index (χ2n) is 5.22. The Balaban J connectivity index is 2.00. The van der Waals surface area contributed by atoms with Crippen LogP contribution in [0.2, 0.25) is 0 Å². The van der Waals surface area contributed by atoms with Crippen molar-refractivity contribution in [2.45, 2.75) is 43.7 Å². The SMILES string of the molecule is CNC1CC2(CCCC2)Oc2cc(F)ccc21. The van der Waals surface area contributed by atoms with Gasteiger partial charge in [0.15, 0.2) is 0 Å².